The van der Waals surface area contributed by atoms with E-state index in [0.29, 0.717) is 12.0 Å². The number of hydrogen-bond acceptors (Lipinski definition) is 2. The van der Waals surface area contributed by atoms with Gasteiger partial charge in [0, 0.05) is 18.6 Å². The minimum Gasteiger partial charge on any atom is -0.387 e. The summed E-state index contributed by atoms with van der Waals surface area (Å²) in [6.07, 6.45) is 2.97. The van der Waals surface area contributed by atoms with E-state index in [9.17, 15) is 5.11 Å². The number of hydrogen-bond donors (Lipinski definition) is 1. The fraction of sp³-hybridized carbons (Fsp3) is 0.667. The van der Waals surface area contributed by atoms with Crippen molar-refractivity contribution in [2.24, 2.45) is 5.92 Å². The SMILES string of the molecule is CCC(CC)N(CC(C)C)C1Cc2ccccc2C1O. The smallest absolute Gasteiger partial charge is 0.0951 e. The molecule has 112 valence electrons. The van der Waals surface area contributed by atoms with Crippen molar-refractivity contribution in [1.29, 1.82) is 0 Å². The predicted octanol–water partition coefficient (Wildman–Crippen LogP) is 3.79. The monoisotopic (exact) mass is 275 g/mol. The Morgan fingerprint density at radius 2 is 1.85 bits per heavy atom. The lowest BCUT2D eigenvalue weighted by atomic mass is 10.0. The molecule has 1 aliphatic rings. The zero-order valence-corrected chi connectivity index (χ0v) is 13.3. The summed E-state index contributed by atoms with van der Waals surface area (Å²) in [6.45, 7) is 10.1. The third-order valence-corrected chi connectivity index (χ3v) is 4.58. The van der Waals surface area contributed by atoms with E-state index in [2.05, 4.69) is 50.8 Å². The molecule has 1 aromatic rings. The number of benzene rings is 1. The third kappa shape index (κ3) is 3.07. The predicted molar refractivity (Wildman–Crippen MR) is 84.8 cm³/mol. The summed E-state index contributed by atoms with van der Waals surface area (Å²) in [6, 6.07) is 9.19. The standard InChI is InChI=1S/C18H29NO/c1-5-15(6-2)19(12-13(3)4)17-11-14-9-7-8-10-16(14)18(17)20/h7-10,13,15,17-18,20H,5-6,11-12H2,1-4H3. The molecular weight excluding hydrogens is 246 g/mol. The summed E-state index contributed by atoms with van der Waals surface area (Å²) >= 11 is 0. The molecule has 2 rings (SSSR count). The van der Waals surface area contributed by atoms with Gasteiger partial charge in [-0.25, -0.2) is 0 Å². The average molecular weight is 275 g/mol. The lowest BCUT2D eigenvalue weighted by Crippen LogP contribution is -2.46. The van der Waals surface area contributed by atoms with Gasteiger partial charge >= 0.3 is 0 Å². The van der Waals surface area contributed by atoms with Gasteiger partial charge in [-0.15, -0.1) is 0 Å². The second kappa shape index (κ2) is 6.73. The summed E-state index contributed by atoms with van der Waals surface area (Å²) < 4.78 is 0. The van der Waals surface area contributed by atoms with Gasteiger partial charge in [-0.05, 0) is 36.3 Å². The van der Waals surface area contributed by atoms with Crippen LogP contribution in [0.1, 0.15) is 57.8 Å². The molecule has 0 aromatic heterocycles. The first-order valence-electron chi connectivity index (χ1n) is 8.10. The summed E-state index contributed by atoms with van der Waals surface area (Å²) in [7, 11) is 0. The van der Waals surface area contributed by atoms with Crippen LogP contribution >= 0.6 is 0 Å². The summed E-state index contributed by atoms with van der Waals surface area (Å²) in [5.74, 6) is 0.631. The Morgan fingerprint density at radius 3 is 2.40 bits per heavy atom. The molecule has 0 saturated heterocycles. The van der Waals surface area contributed by atoms with Crippen LogP contribution in [-0.2, 0) is 6.42 Å². The molecular formula is C18H29NO. The minimum atomic E-state index is -0.328. The highest BCUT2D eigenvalue weighted by atomic mass is 16.3. The van der Waals surface area contributed by atoms with E-state index >= 15 is 0 Å². The van der Waals surface area contributed by atoms with Gasteiger partial charge in [0.25, 0.3) is 0 Å². The summed E-state index contributed by atoms with van der Waals surface area (Å²) in [5.41, 5.74) is 2.46. The molecule has 0 spiro atoms. The van der Waals surface area contributed by atoms with Crippen LogP contribution in [0.4, 0.5) is 0 Å². The zero-order valence-electron chi connectivity index (χ0n) is 13.3. The Kier molecular flexibility index (Phi) is 5.22. The molecule has 20 heavy (non-hydrogen) atoms. The maximum atomic E-state index is 10.7. The van der Waals surface area contributed by atoms with Crippen LogP contribution in [0.25, 0.3) is 0 Å². The Balaban J connectivity index is 2.23. The fourth-order valence-corrected chi connectivity index (χ4v) is 3.59. The van der Waals surface area contributed by atoms with Crippen molar-refractivity contribution in [3.8, 4) is 0 Å². The van der Waals surface area contributed by atoms with Gasteiger partial charge in [0.2, 0.25) is 0 Å². The van der Waals surface area contributed by atoms with Crippen LogP contribution < -0.4 is 0 Å². The molecule has 1 N–H and O–H groups in total. The molecule has 0 aliphatic heterocycles. The van der Waals surface area contributed by atoms with Crippen LogP contribution in [0.2, 0.25) is 0 Å². The number of aliphatic hydroxyl groups excluding tert-OH is 1. The lowest BCUT2D eigenvalue weighted by Gasteiger charge is -2.38. The normalized spacial score (nSPS) is 22.0. The van der Waals surface area contributed by atoms with Gasteiger partial charge in [0.05, 0.1) is 6.10 Å². The molecule has 2 unspecified atom stereocenters. The molecule has 0 heterocycles. The van der Waals surface area contributed by atoms with Gasteiger partial charge in [-0.1, -0.05) is 52.0 Å². The Labute approximate surface area is 123 Å². The van der Waals surface area contributed by atoms with Crippen LogP contribution in [0, 0.1) is 5.92 Å². The molecule has 0 radical (unpaired) electrons. The summed E-state index contributed by atoms with van der Waals surface area (Å²) in [5, 5.41) is 10.7. The quantitative estimate of drug-likeness (QED) is 0.854. The molecule has 0 bridgehead atoms. The lowest BCUT2D eigenvalue weighted by molar-refractivity contribution is 0.0235. The van der Waals surface area contributed by atoms with Gasteiger partial charge in [0.1, 0.15) is 0 Å². The van der Waals surface area contributed by atoms with E-state index in [1.54, 1.807) is 0 Å². The van der Waals surface area contributed by atoms with Crippen LogP contribution in [0.15, 0.2) is 24.3 Å². The molecule has 2 heteroatoms. The van der Waals surface area contributed by atoms with Crippen LogP contribution in [0.3, 0.4) is 0 Å². The Bertz CT molecular complexity index is 425. The van der Waals surface area contributed by atoms with Gasteiger partial charge in [-0.3, -0.25) is 4.90 Å². The van der Waals surface area contributed by atoms with E-state index in [4.69, 9.17) is 0 Å². The molecule has 2 atom stereocenters. The average Bonchev–Trinajstić information content (AvgIpc) is 2.76. The largest absolute Gasteiger partial charge is 0.387 e. The first-order chi connectivity index (χ1) is 9.58. The van der Waals surface area contributed by atoms with Crippen molar-refractivity contribution < 1.29 is 5.11 Å². The van der Waals surface area contributed by atoms with E-state index in [1.807, 2.05) is 6.07 Å². The number of fused-ring (bicyclic) bond motifs is 1. The number of aliphatic hydroxyl groups is 1. The topological polar surface area (TPSA) is 23.5 Å². The first-order valence-corrected chi connectivity index (χ1v) is 8.10. The number of rotatable bonds is 6. The van der Waals surface area contributed by atoms with Crippen molar-refractivity contribution in [3.05, 3.63) is 35.4 Å². The first kappa shape index (κ1) is 15.5. The molecule has 0 fully saturated rings. The molecule has 1 aliphatic carbocycles. The van der Waals surface area contributed by atoms with E-state index in [-0.39, 0.29) is 12.1 Å². The van der Waals surface area contributed by atoms with Crippen molar-refractivity contribution >= 4 is 0 Å². The molecule has 2 nitrogen and oxygen atoms in total. The van der Waals surface area contributed by atoms with Gasteiger partial charge in [-0.2, -0.15) is 0 Å². The highest BCUT2D eigenvalue weighted by Gasteiger charge is 2.37. The Hall–Kier alpha value is -0.860. The van der Waals surface area contributed by atoms with Gasteiger partial charge in [0.15, 0.2) is 0 Å². The maximum absolute atomic E-state index is 10.7. The van der Waals surface area contributed by atoms with Gasteiger partial charge < -0.3 is 5.11 Å². The molecule has 0 amide bonds. The van der Waals surface area contributed by atoms with Crippen LogP contribution in [0.5, 0.6) is 0 Å². The maximum Gasteiger partial charge on any atom is 0.0951 e. The van der Waals surface area contributed by atoms with E-state index in [1.165, 1.54) is 5.56 Å². The highest BCUT2D eigenvalue weighted by Crippen LogP contribution is 2.36. The van der Waals surface area contributed by atoms with Crippen molar-refractivity contribution in [3.63, 3.8) is 0 Å². The summed E-state index contributed by atoms with van der Waals surface area (Å²) in [4.78, 5) is 2.56. The third-order valence-electron chi connectivity index (χ3n) is 4.58. The van der Waals surface area contributed by atoms with Crippen molar-refractivity contribution in [2.75, 3.05) is 6.54 Å². The van der Waals surface area contributed by atoms with Crippen molar-refractivity contribution in [1.82, 2.24) is 4.90 Å². The van der Waals surface area contributed by atoms with E-state index < -0.39 is 0 Å². The second-order valence-corrected chi connectivity index (χ2v) is 6.48. The Morgan fingerprint density at radius 1 is 1.20 bits per heavy atom. The van der Waals surface area contributed by atoms with Crippen LogP contribution in [-0.4, -0.2) is 28.6 Å². The zero-order chi connectivity index (χ0) is 14.7. The second-order valence-electron chi connectivity index (χ2n) is 6.48. The molecule has 1 aromatic carbocycles. The van der Waals surface area contributed by atoms with E-state index in [0.717, 1.165) is 31.4 Å². The molecule has 0 saturated carbocycles. The van der Waals surface area contributed by atoms with Crippen molar-refractivity contribution in [2.45, 2.75) is 65.1 Å². The fourth-order valence-electron chi connectivity index (χ4n) is 3.59. The minimum absolute atomic E-state index is 0.250. The number of nitrogens with zero attached hydrogens (tertiary/aromatic N) is 1. The highest BCUT2D eigenvalue weighted by molar-refractivity contribution is 5.36.